The lowest BCUT2D eigenvalue weighted by Crippen LogP contribution is -2.38. The number of halogens is 2. The zero-order valence-corrected chi connectivity index (χ0v) is 16.8. The number of carbonyl (C=O) groups excluding carboxylic acids is 2. The Balaban J connectivity index is 1.51. The second kappa shape index (κ2) is 9.17. The van der Waals surface area contributed by atoms with E-state index >= 15 is 0 Å². The van der Waals surface area contributed by atoms with E-state index in [1.165, 1.54) is 0 Å². The number of likely N-dealkylation sites (N-methyl/N-ethyl adjacent to an activating group) is 1. The second-order valence-electron chi connectivity index (χ2n) is 6.18. The van der Waals surface area contributed by atoms with Crippen LogP contribution in [0, 0.1) is 0 Å². The average molecular weight is 423 g/mol. The predicted octanol–water partition coefficient (Wildman–Crippen LogP) is 4.54. The molecule has 0 atom stereocenters. The van der Waals surface area contributed by atoms with E-state index in [2.05, 4.69) is 5.32 Å². The van der Waals surface area contributed by atoms with Gasteiger partial charge in [0.05, 0.1) is 17.3 Å². The normalized spacial score (nSPS) is 13.0. The molecule has 0 saturated heterocycles. The van der Waals surface area contributed by atoms with Crippen molar-refractivity contribution in [3.63, 3.8) is 0 Å². The highest BCUT2D eigenvalue weighted by Gasteiger charge is 2.24. The summed E-state index contributed by atoms with van der Waals surface area (Å²) in [6.07, 6.45) is 0.813. The van der Waals surface area contributed by atoms with Crippen LogP contribution >= 0.6 is 23.2 Å². The smallest absolute Gasteiger partial charge is 0.265 e. The molecule has 2 aromatic rings. The fourth-order valence-corrected chi connectivity index (χ4v) is 3.32. The van der Waals surface area contributed by atoms with Gasteiger partial charge in [0, 0.05) is 23.7 Å². The molecule has 1 heterocycles. The number of ether oxygens (including phenoxy) is 2. The van der Waals surface area contributed by atoms with Gasteiger partial charge in [-0.25, -0.2) is 0 Å². The summed E-state index contributed by atoms with van der Waals surface area (Å²) in [4.78, 5) is 25.8. The number of amides is 2. The van der Waals surface area contributed by atoms with Crippen molar-refractivity contribution in [3.8, 4) is 11.5 Å². The first-order chi connectivity index (χ1) is 13.5. The first kappa shape index (κ1) is 20.3. The number of nitrogens with one attached hydrogen (secondary N) is 1. The number of hydrogen-bond donors (Lipinski definition) is 1. The van der Waals surface area contributed by atoms with Crippen LogP contribution in [-0.4, -0.2) is 31.6 Å². The number of benzene rings is 2. The number of anilines is 2. The largest absolute Gasteiger partial charge is 0.492 e. The van der Waals surface area contributed by atoms with Crippen molar-refractivity contribution < 1.29 is 19.1 Å². The van der Waals surface area contributed by atoms with E-state index in [1.807, 2.05) is 6.92 Å². The van der Waals surface area contributed by atoms with E-state index in [4.69, 9.17) is 32.7 Å². The van der Waals surface area contributed by atoms with Crippen LogP contribution in [-0.2, 0) is 9.59 Å². The molecule has 1 aliphatic heterocycles. The van der Waals surface area contributed by atoms with Crippen LogP contribution < -0.4 is 19.7 Å². The topological polar surface area (TPSA) is 67.9 Å². The van der Waals surface area contributed by atoms with Crippen LogP contribution in [0.1, 0.15) is 19.8 Å². The Hall–Kier alpha value is -2.44. The molecule has 28 heavy (non-hydrogen) atoms. The van der Waals surface area contributed by atoms with Gasteiger partial charge in [-0.05, 0) is 49.7 Å². The molecule has 148 valence electrons. The van der Waals surface area contributed by atoms with Crippen molar-refractivity contribution in [1.82, 2.24) is 0 Å². The summed E-state index contributed by atoms with van der Waals surface area (Å²) in [5.41, 5.74) is 1.28. The molecule has 0 spiro atoms. The van der Waals surface area contributed by atoms with Crippen LogP contribution in [0.2, 0.25) is 10.0 Å². The SMILES string of the molecule is CCN1C(=O)COc2ccc(NC(=O)CCCOc3ccc(Cl)cc3Cl)cc21. The minimum Gasteiger partial charge on any atom is -0.492 e. The van der Waals surface area contributed by atoms with E-state index in [9.17, 15) is 9.59 Å². The summed E-state index contributed by atoms with van der Waals surface area (Å²) in [6, 6.07) is 10.3. The van der Waals surface area contributed by atoms with Crippen LogP contribution in [0.15, 0.2) is 36.4 Å². The summed E-state index contributed by atoms with van der Waals surface area (Å²) >= 11 is 11.9. The highest BCUT2D eigenvalue weighted by molar-refractivity contribution is 6.35. The standard InChI is InChI=1S/C20H20Cl2N2O4/c1-2-24-16-11-14(6-8-18(16)28-12-20(24)26)23-19(25)4-3-9-27-17-7-5-13(21)10-15(17)22/h5-8,10-11H,2-4,9,12H2,1H3,(H,23,25). The van der Waals surface area contributed by atoms with E-state index < -0.39 is 0 Å². The van der Waals surface area contributed by atoms with Crippen molar-refractivity contribution >= 4 is 46.4 Å². The molecular weight excluding hydrogens is 403 g/mol. The quantitative estimate of drug-likeness (QED) is 0.665. The Morgan fingerprint density at radius 1 is 1.25 bits per heavy atom. The van der Waals surface area contributed by atoms with Gasteiger partial charge in [0.15, 0.2) is 6.61 Å². The molecule has 2 aromatic carbocycles. The lowest BCUT2D eigenvalue weighted by atomic mass is 10.2. The van der Waals surface area contributed by atoms with Gasteiger partial charge in [0.1, 0.15) is 11.5 Å². The van der Waals surface area contributed by atoms with Gasteiger partial charge >= 0.3 is 0 Å². The minimum absolute atomic E-state index is 0.0319. The average Bonchev–Trinajstić information content (AvgIpc) is 2.66. The molecule has 0 radical (unpaired) electrons. The van der Waals surface area contributed by atoms with Gasteiger partial charge in [-0.3, -0.25) is 9.59 Å². The fraction of sp³-hybridized carbons (Fsp3) is 0.300. The maximum atomic E-state index is 12.2. The molecule has 0 saturated carbocycles. The molecule has 0 aliphatic carbocycles. The molecule has 0 unspecified atom stereocenters. The molecular formula is C20H20Cl2N2O4. The van der Waals surface area contributed by atoms with Crippen molar-refractivity contribution in [1.29, 1.82) is 0 Å². The maximum absolute atomic E-state index is 12.2. The minimum atomic E-state index is -0.142. The van der Waals surface area contributed by atoms with Crippen LogP contribution in [0.25, 0.3) is 0 Å². The summed E-state index contributed by atoms with van der Waals surface area (Å²) in [7, 11) is 0. The van der Waals surface area contributed by atoms with E-state index in [-0.39, 0.29) is 24.8 Å². The van der Waals surface area contributed by atoms with Gasteiger partial charge in [0.2, 0.25) is 5.91 Å². The summed E-state index contributed by atoms with van der Waals surface area (Å²) in [6.45, 7) is 2.82. The number of nitrogens with zero attached hydrogens (tertiary/aromatic N) is 1. The molecule has 8 heteroatoms. The summed E-state index contributed by atoms with van der Waals surface area (Å²) < 4.78 is 11.0. The molecule has 2 amide bonds. The molecule has 0 fully saturated rings. The van der Waals surface area contributed by atoms with Crippen molar-refractivity contribution in [2.45, 2.75) is 19.8 Å². The number of hydrogen-bond acceptors (Lipinski definition) is 4. The van der Waals surface area contributed by atoms with Gasteiger partial charge < -0.3 is 19.7 Å². The van der Waals surface area contributed by atoms with E-state index in [0.29, 0.717) is 52.5 Å². The zero-order valence-electron chi connectivity index (χ0n) is 15.3. The van der Waals surface area contributed by atoms with Gasteiger partial charge in [0.25, 0.3) is 5.91 Å². The number of fused-ring (bicyclic) bond motifs is 1. The third-order valence-electron chi connectivity index (χ3n) is 4.20. The monoisotopic (exact) mass is 422 g/mol. The van der Waals surface area contributed by atoms with Gasteiger partial charge in [-0.2, -0.15) is 0 Å². The Morgan fingerprint density at radius 2 is 2.07 bits per heavy atom. The van der Waals surface area contributed by atoms with Crippen molar-refractivity contribution in [2.24, 2.45) is 0 Å². The first-order valence-corrected chi connectivity index (χ1v) is 9.68. The van der Waals surface area contributed by atoms with Crippen molar-refractivity contribution in [3.05, 3.63) is 46.4 Å². The number of rotatable bonds is 7. The molecule has 1 N–H and O–H groups in total. The zero-order chi connectivity index (χ0) is 20.1. The van der Waals surface area contributed by atoms with Gasteiger partial charge in [-0.15, -0.1) is 0 Å². The Morgan fingerprint density at radius 3 is 2.82 bits per heavy atom. The van der Waals surface area contributed by atoms with Crippen molar-refractivity contribution in [2.75, 3.05) is 30.0 Å². The molecule has 1 aliphatic rings. The Kier molecular flexibility index (Phi) is 6.65. The van der Waals surface area contributed by atoms with E-state index in [0.717, 1.165) is 0 Å². The third kappa shape index (κ3) is 4.88. The van der Waals surface area contributed by atoms with Gasteiger partial charge in [-0.1, -0.05) is 23.2 Å². The van der Waals surface area contributed by atoms with Crippen LogP contribution in [0.4, 0.5) is 11.4 Å². The van der Waals surface area contributed by atoms with Crippen LogP contribution in [0.5, 0.6) is 11.5 Å². The Labute approximate surface area is 173 Å². The molecule has 0 bridgehead atoms. The lowest BCUT2D eigenvalue weighted by Gasteiger charge is -2.28. The lowest BCUT2D eigenvalue weighted by molar-refractivity contribution is -0.121. The fourth-order valence-electron chi connectivity index (χ4n) is 2.86. The van der Waals surface area contributed by atoms with E-state index in [1.54, 1.807) is 41.3 Å². The number of carbonyl (C=O) groups is 2. The first-order valence-electron chi connectivity index (χ1n) is 8.93. The van der Waals surface area contributed by atoms with Crippen LogP contribution in [0.3, 0.4) is 0 Å². The summed E-state index contributed by atoms with van der Waals surface area (Å²) in [5, 5.41) is 3.81. The molecule has 3 rings (SSSR count). The highest BCUT2D eigenvalue weighted by Crippen LogP contribution is 2.34. The Bertz CT molecular complexity index is 889. The third-order valence-corrected chi connectivity index (χ3v) is 4.73. The molecule has 6 nitrogen and oxygen atoms in total. The maximum Gasteiger partial charge on any atom is 0.265 e. The highest BCUT2D eigenvalue weighted by atomic mass is 35.5. The molecule has 0 aromatic heterocycles. The predicted molar refractivity (Wildman–Crippen MR) is 110 cm³/mol. The summed E-state index contributed by atoms with van der Waals surface area (Å²) in [5.74, 6) is 0.923. The second-order valence-corrected chi connectivity index (χ2v) is 7.03.